The quantitative estimate of drug-likeness (QED) is 0.657. The van der Waals surface area contributed by atoms with Gasteiger partial charge in [0, 0.05) is 11.6 Å². The summed E-state index contributed by atoms with van der Waals surface area (Å²) in [6.45, 7) is 0. The van der Waals surface area contributed by atoms with Gasteiger partial charge in [-0.05, 0) is 23.8 Å². The number of hydrogen-bond acceptors (Lipinski definition) is 4. The van der Waals surface area contributed by atoms with Gasteiger partial charge in [-0.25, -0.2) is 14.2 Å². The second-order valence-corrected chi connectivity index (χ2v) is 4.38. The lowest BCUT2D eigenvalue weighted by Crippen LogP contribution is -2.29. The molecule has 3 N–H and O–H groups in total. The molecular formula is C15H16F2N2O2. The lowest BCUT2D eigenvalue weighted by Gasteiger charge is -2.19. The molecule has 0 bridgehead atoms. The second-order valence-electron chi connectivity index (χ2n) is 4.38. The van der Waals surface area contributed by atoms with E-state index in [-0.39, 0.29) is 5.75 Å². The van der Waals surface area contributed by atoms with Crippen LogP contribution in [-0.4, -0.2) is 14.2 Å². The highest BCUT2D eigenvalue weighted by Gasteiger charge is 2.18. The Morgan fingerprint density at radius 3 is 2.33 bits per heavy atom. The standard InChI is InChI=1S/C15H16F2N2O2/c1-20-10-4-5-11(13(17)8-10)15(19-18)9-3-6-12(16)14(7-9)21-2/h3-8,15,19H,18H2,1-2H3. The molecule has 0 aliphatic heterocycles. The molecule has 2 rings (SSSR count). The summed E-state index contributed by atoms with van der Waals surface area (Å²) in [7, 11) is 2.82. The van der Waals surface area contributed by atoms with Crippen molar-refractivity contribution in [2.45, 2.75) is 6.04 Å². The zero-order valence-electron chi connectivity index (χ0n) is 11.7. The van der Waals surface area contributed by atoms with E-state index in [2.05, 4.69) is 5.43 Å². The number of nitrogens with two attached hydrogens (primary N) is 1. The van der Waals surface area contributed by atoms with Crippen molar-refractivity contribution in [3.05, 3.63) is 59.2 Å². The molecule has 0 aliphatic carbocycles. The number of rotatable bonds is 5. The third-order valence-corrected chi connectivity index (χ3v) is 3.19. The smallest absolute Gasteiger partial charge is 0.165 e. The minimum absolute atomic E-state index is 0.0710. The molecule has 0 saturated carbocycles. The van der Waals surface area contributed by atoms with Gasteiger partial charge in [0.1, 0.15) is 11.6 Å². The van der Waals surface area contributed by atoms with Gasteiger partial charge in [0.05, 0.1) is 20.3 Å². The molecule has 1 atom stereocenters. The van der Waals surface area contributed by atoms with Crippen LogP contribution in [0.15, 0.2) is 36.4 Å². The number of hydrazine groups is 1. The molecule has 0 spiro atoms. The Morgan fingerprint density at radius 2 is 1.76 bits per heavy atom. The van der Waals surface area contributed by atoms with Crippen LogP contribution in [0.1, 0.15) is 17.2 Å². The van der Waals surface area contributed by atoms with E-state index in [0.29, 0.717) is 16.9 Å². The van der Waals surface area contributed by atoms with Crippen LogP contribution in [0.4, 0.5) is 8.78 Å². The predicted octanol–water partition coefficient (Wildman–Crippen LogP) is 2.53. The molecule has 0 amide bonds. The van der Waals surface area contributed by atoms with Crippen molar-refractivity contribution in [3.63, 3.8) is 0 Å². The molecule has 0 aliphatic rings. The maximum atomic E-state index is 14.1. The second kappa shape index (κ2) is 6.51. The lowest BCUT2D eigenvalue weighted by molar-refractivity contribution is 0.385. The van der Waals surface area contributed by atoms with Gasteiger partial charge in [-0.2, -0.15) is 0 Å². The van der Waals surface area contributed by atoms with Crippen LogP contribution < -0.4 is 20.7 Å². The summed E-state index contributed by atoms with van der Waals surface area (Å²) in [5, 5.41) is 0. The van der Waals surface area contributed by atoms with Crippen LogP contribution in [0.5, 0.6) is 11.5 Å². The Bertz CT molecular complexity index is 635. The van der Waals surface area contributed by atoms with Crippen LogP contribution in [-0.2, 0) is 0 Å². The van der Waals surface area contributed by atoms with Crippen LogP contribution >= 0.6 is 0 Å². The Morgan fingerprint density at radius 1 is 1.00 bits per heavy atom. The summed E-state index contributed by atoms with van der Waals surface area (Å²) < 4.78 is 37.5. The number of hydrogen-bond donors (Lipinski definition) is 2. The monoisotopic (exact) mass is 294 g/mol. The Labute approximate surface area is 121 Å². The van der Waals surface area contributed by atoms with E-state index < -0.39 is 17.7 Å². The molecule has 2 aromatic rings. The molecule has 0 heterocycles. The number of methoxy groups -OCH3 is 2. The maximum absolute atomic E-state index is 14.1. The zero-order chi connectivity index (χ0) is 15.4. The molecular weight excluding hydrogens is 278 g/mol. The van der Waals surface area contributed by atoms with Gasteiger partial charge in [0.15, 0.2) is 11.6 Å². The third kappa shape index (κ3) is 3.12. The normalized spacial score (nSPS) is 12.0. The summed E-state index contributed by atoms with van der Waals surface area (Å²) in [5.41, 5.74) is 3.43. The van der Waals surface area contributed by atoms with E-state index in [0.717, 1.165) is 0 Å². The Hall–Kier alpha value is -2.18. The summed E-state index contributed by atoms with van der Waals surface area (Å²) >= 11 is 0. The molecule has 0 radical (unpaired) electrons. The van der Waals surface area contributed by atoms with Crippen LogP contribution in [0, 0.1) is 11.6 Å². The molecule has 112 valence electrons. The molecule has 6 heteroatoms. The van der Waals surface area contributed by atoms with Crippen LogP contribution in [0.3, 0.4) is 0 Å². The largest absolute Gasteiger partial charge is 0.497 e. The van der Waals surface area contributed by atoms with Crippen molar-refractivity contribution in [2.24, 2.45) is 5.84 Å². The molecule has 1 unspecified atom stereocenters. The van der Waals surface area contributed by atoms with Gasteiger partial charge in [0.2, 0.25) is 0 Å². The van der Waals surface area contributed by atoms with Gasteiger partial charge >= 0.3 is 0 Å². The highest BCUT2D eigenvalue weighted by molar-refractivity contribution is 5.40. The number of nitrogens with one attached hydrogen (secondary N) is 1. The first-order valence-electron chi connectivity index (χ1n) is 6.23. The molecule has 0 saturated heterocycles. The van der Waals surface area contributed by atoms with Crippen LogP contribution in [0.2, 0.25) is 0 Å². The summed E-state index contributed by atoms with van der Waals surface area (Å²) in [5.74, 6) is 5.04. The average Bonchev–Trinajstić information content (AvgIpc) is 2.50. The van der Waals surface area contributed by atoms with E-state index in [1.54, 1.807) is 12.1 Å². The molecule has 2 aromatic carbocycles. The number of halogens is 2. The fourth-order valence-electron chi connectivity index (χ4n) is 2.09. The fourth-order valence-corrected chi connectivity index (χ4v) is 2.09. The first-order valence-corrected chi connectivity index (χ1v) is 6.23. The van der Waals surface area contributed by atoms with Crippen molar-refractivity contribution in [3.8, 4) is 11.5 Å². The van der Waals surface area contributed by atoms with Gasteiger partial charge < -0.3 is 9.47 Å². The fraction of sp³-hybridized carbons (Fsp3) is 0.200. The van der Waals surface area contributed by atoms with Crippen LogP contribution in [0.25, 0.3) is 0 Å². The Balaban J connectivity index is 2.44. The van der Waals surface area contributed by atoms with Crippen molar-refractivity contribution >= 4 is 0 Å². The average molecular weight is 294 g/mol. The first kappa shape index (κ1) is 15.2. The summed E-state index contributed by atoms with van der Waals surface area (Å²) in [6, 6.07) is 8.07. The maximum Gasteiger partial charge on any atom is 0.165 e. The first-order chi connectivity index (χ1) is 10.1. The number of benzene rings is 2. The van der Waals surface area contributed by atoms with Gasteiger partial charge in [-0.1, -0.05) is 12.1 Å². The minimum Gasteiger partial charge on any atom is -0.497 e. The van der Waals surface area contributed by atoms with Gasteiger partial charge in [-0.15, -0.1) is 0 Å². The third-order valence-electron chi connectivity index (χ3n) is 3.19. The lowest BCUT2D eigenvalue weighted by atomic mass is 9.98. The van der Waals surface area contributed by atoms with Gasteiger partial charge in [0.25, 0.3) is 0 Å². The van der Waals surface area contributed by atoms with E-state index in [4.69, 9.17) is 15.3 Å². The van der Waals surface area contributed by atoms with E-state index in [1.165, 1.54) is 38.5 Å². The molecule has 21 heavy (non-hydrogen) atoms. The summed E-state index contributed by atoms with van der Waals surface area (Å²) in [6.07, 6.45) is 0. The predicted molar refractivity (Wildman–Crippen MR) is 75.1 cm³/mol. The van der Waals surface area contributed by atoms with E-state index in [9.17, 15) is 8.78 Å². The Kier molecular flexibility index (Phi) is 4.72. The van der Waals surface area contributed by atoms with Crippen molar-refractivity contribution < 1.29 is 18.3 Å². The van der Waals surface area contributed by atoms with Crippen molar-refractivity contribution in [1.29, 1.82) is 0 Å². The molecule has 0 fully saturated rings. The minimum atomic E-state index is -0.634. The summed E-state index contributed by atoms with van der Waals surface area (Å²) in [4.78, 5) is 0. The van der Waals surface area contributed by atoms with Crippen molar-refractivity contribution in [1.82, 2.24) is 5.43 Å². The molecule has 0 aromatic heterocycles. The topological polar surface area (TPSA) is 56.5 Å². The van der Waals surface area contributed by atoms with E-state index >= 15 is 0 Å². The van der Waals surface area contributed by atoms with Gasteiger partial charge in [-0.3, -0.25) is 5.84 Å². The number of ether oxygens (including phenoxy) is 2. The highest BCUT2D eigenvalue weighted by Crippen LogP contribution is 2.29. The van der Waals surface area contributed by atoms with E-state index in [1.807, 2.05) is 0 Å². The zero-order valence-corrected chi connectivity index (χ0v) is 11.7. The SMILES string of the molecule is COc1ccc(C(NN)c2ccc(F)c(OC)c2)c(F)c1. The van der Waals surface area contributed by atoms with Crippen molar-refractivity contribution in [2.75, 3.05) is 14.2 Å². The molecule has 4 nitrogen and oxygen atoms in total. The highest BCUT2D eigenvalue weighted by atomic mass is 19.1.